The van der Waals surface area contributed by atoms with Crippen molar-refractivity contribution < 1.29 is 19.1 Å². The zero-order chi connectivity index (χ0) is 19.6. The lowest BCUT2D eigenvalue weighted by Crippen LogP contribution is -2.68. The van der Waals surface area contributed by atoms with Gasteiger partial charge in [0.25, 0.3) is 0 Å². The molecular formula is C21H23FN2O3. The van der Waals surface area contributed by atoms with Crippen LogP contribution in [0.3, 0.4) is 0 Å². The van der Waals surface area contributed by atoms with Crippen LogP contribution in [0, 0.1) is 5.82 Å². The van der Waals surface area contributed by atoms with Gasteiger partial charge in [0.15, 0.2) is 0 Å². The van der Waals surface area contributed by atoms with Gasteiger partial charge in [0.1, 0.15) is 5.82 Å². The van der Waals surface area contributed by atoms with E-state index < -0.39 is 0 Å². The first-order valence-electron chi connectivity index (χ1n) is 8.93. The fourth-order valence-electron chi connectivity index (χ4n) is 3.91. The van der Waals surface area contributed by atoms with E-state index >= 15 is 0 Å². The van der Waals surface area contributed by atoms with Gasteiger partial charge in [0.2, 0.25) is 11.8 Å². The molecule has 142 valence electrons. The van der Waals surface area contributed by atoms with Gasteiger partial charge in [-0.2, -0.15) is 0 Å². The van der Waals surface area contributed by atoms with Crippen LogP contribution in [-0.4, -0.2) is 47.1 Å². The molecule has 3 atom stereocenters. The van der Waals surface area contributed by atoms with Crippen LogP contribution in [0.2, 0.25) is 0 Å². The highest BCUT2D eigenvalue weighted by Gasteiger charge is 2.49. The van der Waals surface area contributed by atoms with Crippen molar-refractivity contribution in [1.29, 1.82) is 0 Å². The number of aliphatic hydroxyl groups excluding tert-OH is 1. The number of carbonyl (C=O) groups excluding carboxylic acids is 2. The second kappa shape index (κ2) is 7.88. The zero-order valence-corrected chi connectivity index (χ0v) is 15.4. The van der Waals surface area contributed by atoms with Gasteiger partial charge < -0.3 is 15.3 Å². The first kappa shape index (κ1) is 19.0. The Morgan fingerprint density at radius 3 is 2.30 bits per heavy atom. The number of nitrogens with one attached hydrogen (secondary N) is 1. The maximum atomic E-state index is 14.0. The van der Waals surface area contributed by atoms with Crippen molar-refractivity contribution in [3.05, 3.63) is 59.9 Å². The van der Waals surface area contributed by atoms with Crippen molar-refractivity contribution in [3.63, 3.8) is 0 Å². The van der Waals surface area contributed by atoms with Crippen LogP contribution < -0.4 is 5.32 Å². The molecule has 0 aromatic heterocycles. The van der Waals surface area contributed by atoms with E-state index in [9.17, 15) is 19.1 Å². The fourth-order valence-corrected chi connectivity index (χ4v) is 3.91. The zero-order valence-electron chi connectivity index (χ0n) is 15.4. The van der Waals surface area contributed by atoms with E-state index in [0.29, 0.717) is 12.1 Å². The maximum absolute atomic E-state index is 14.0. The van der Waals surface area contributed by atoms with Gasteiger partial charge in [-0.05, 0) is 17.2 Å². The summed E-state index contributed by atoms with van der Waals surface area (Å²) < 4.78 is 14.0. The third kappa shape index (κ3) is 3.71. The highest BCUT2D eigenvalue weighted by molar-refractivity contribution is 5.77. The second-order valence-corrected chi connectivity index (χ2v) is 6.81. The Bertz CT molecular complexity index is 838. The van der Waals surface area contributed by atoms with E-state index in [4.69, 9.17) is 0 Å². The average Bonchev–Trinajstić information content (AvgIpc) is 2.61. The lowest BCUT2D eigenvalue weighted by atomic mass is 9.74. The molecule has 1 heterocycles. The summed E-state index contributed by atoms with van der Waals surface area (Å²) in [6.07, 6.45) is 0. The average molecular weight is 370 g/mol. The molecule has 6 heteroatoms. The van der Waals surface area contributed by atoms with Gasteiger partial charge in [-0.3, -0.25) is 9.59 Å². The number of aliphatic hydroxyl groups is 1. The molecule has 2 aromatic carbocycles. The molecule has 3 rings (SSSR count). The smallest absolute Gasteiger partial charge is 0.220 e. The molecule has 0 saturated carbocycles. The number of benzene rings is 2. The molecule has 1 aliphatic heterocycles. The predicted molar refractivity (Wildman–Crippen MR) is 100 cm³/mol. The molecule has 27 heavy (non-hydrogen) atoms. The van der Waals surface area contributed by atoms with E-state index in [1.54, 1.807) is 23.1 Å². The van der Waals surface area contributed by atoms with E-state index in [2.05, 4.69) is 5.32 Å². The van der Waals surface area contributed by atoms with Crippen LogP contribution in [0.15, 0.2) is 48.5 Å². The molecule has 5 nitrogen and oxygen atoms in total. The van der Waals surface area contributed by atoms with Crippen molar-refractivity contribution in [2.45, 2.75) is 31.8 Å². The Morgan fingerprint density at radius 2 is 1.74 bits per heavy atom. The lowest BCUT2D eigenvalue weighted by Gasteiger charge is -2.54. The van der Waals surface area contributed by atoms with Crippen molar-refractivity contribution in [2.24, 2.45) is 0 Å². The summed E-state index contributed by atoms with van der Waals surface area (Å²) in [5, 5.41) is 12.5. The number of amides is 2. The molecule has 2 aromatic rings. The van der Waals surface area contributed by atoms with E-state index in [1.807, 2.05) is 24.3 Å². The van der Waals surface area contributed by atoms with Gasteiger partial charge in [-0.25, -0.2) is 4.39 Å². The fraction of sp³-hybridized carbons (Fsp3) is 0.333. The summed E-state index contributed by atoms with van der Waals surface area (Å²) >= 11 is 0. The number of rotatable bonds is 5. The molecule has 0 spiro atoms. The first-order valence-corrected chi connectivity index (χ1v) is 8.93. The van der Waals surface area contributed by atoms with Crippen LogP contribution in [0.4, 0.5) is 4.39 Å². The van der Waals surface area contributed by atoms with Crippen molar-refractivity contribution in [1.82, 2.24) is 10.2 Å². The first-order chi connectivity index (χ1) is 12.9. The van der Waals surface area contributed by atoms with E-state index in [1.165, 1.54) is 19.9 Å². The molecule has 1 fully saturated rings. The number of hydrogen-bond acceptors (Lipinski definition) is 3. The minimum atomic E-state index is -0.333. The highest BCUT2D eigenvalue weighted by atomic mass is 19.1. The van der Waals surface area contributed by atoms with Gasteiger partial charge >= 0.3 is 0 Å². The normalized spacial score (nSPS) is 21.5. The summed E-state index contributed by atoms with van der Waals surface area (Å²) in [7, 11) is 0. The highest BCUT2D eigenvalue weighted by Crippen LogP contribution is 2.41. The molecule has 2 amide bonds. The van der Waals surface area contributed by atoms with Crippen LogP contribution in [0.5, 0.6) is 0 Å². The maximum Gasteiger partial charge on any atom is 0.220 e. The second-order valence-electron chi connectivity index (χ2n) is 6.81. The summed E-state index contributed by atoms with van der Waals surface area (Å²) in [6, 6.07) is 13.5. The van der Waals surface area contributed by atoms with Gasteiger partial charge in [-0.1, -0.05) is 42.5 Å². The molecule has 0 unspecified atom stereocenters. The quantitative estimate of drug-likeness (QED) is 0.849. The Balaban J connectivity index is 1.87. The SMILES string of the molecule is CC(=O)NC[C@H]1[C@H](c2ccc(-c3ccccc3F)cc2)[C@@H](CO)N1C(C)=O. The van der Waals surface area contributed by atoms with Crippen LogP contribution >= 0.6 is 0 Å². The van der Waals surface area contributed by atoms with Crippen LogP contribution in [0.1, 0.15) is 25.3 Å². The third-order valence-corrected chi connectivity index (χ3v) is 5.13. The standard InChI is InChI=1S/C21H23FN2O3/c1-13(26)23-11-19-21(20(12-25)24(19)14(2)27)16-9-7-15(8-10-16)17-5-3-4-6-18(17)22/h3-10,19-21,25H,11-12H2,1-2H3,(H,23,26)/t19-,20+,21-/m0/s1. The number of likely N-dealkylation sites (tertiary alicyclic amines) is 1. The summed E-state index contributed by atoms with van der Waals surface area (Å²) in [4.78, 5) is 24.9. The number of nitrogens with zero attached hydrogens (tertiary/aromatic N) is 1. The Morgan fingerprint density at radius 1 is 1.07 bits per heavy atom. The Labute approximate surface area is 157 Å². The minimum Gasteiger partial charge on any atom is -0.394 e. The van der Waals surface area contributed by atoms with Gasteiger partial charge in [0.05, 0.1) is 18.7 Å². The monoisotopic (exact) mass is 370 g/mol. The Kier molecular flexibility index (Phi) is 5.56. The lowest BCUT2D eigenvalue weighted by molar-refractivity contribution is -0.148. The molecule has 0 bridgehead atoms. The van der Waals surface area contributed by atoms with E-state index in [0.717, 1.165) is 11.1 Å². The summed E-state index contributed by atoms with van der Waals surface area (Å²) in [5.41, 5.74) is 2.23. The topological polar surface area (TPSA) is 69.6 Å². The third-order valence-electron chi connectivity index (χ3n) is 5.13. The van der Waals surface area contributed by atoms with Gasteiger partial charge in [-0.15, -0.1) is 0 Å². The summed E-state index contributed by atoms with van der Waals surface area (Å²) in [5.74, 6) is -0.683. The minimum absolute atomic E-state index is 0.0968. The molecular weight excluding hydrogens is 347 g/mol. The Hall–Kier alpha value is -2.73. The number of carbonyl (C=O) groups is 2. The van der Waals surface area contributed by atoms with Crippen LogP contribution in [0.25, 0.3) is 11.1 Å². The number of hydrogen-bond donors (Lipinski definition) is 2. The van der Waals surface area contributed by atoms with Gasteiger partial charge in [0, 0.05) is 31.9 Å². The van der Waals surface area contributed by atoms with Crippen LogP contribution in [-0.2, 0) is 9.59 Å². The molecule has 0 radical (unpaired) electrons. The molecule has 1 saturated heterocycles. The van der Waals surface area contributed by atoms with E-state index in [-0.39, 0.29) is 42.2 Å². The van der Waals surface area contributed by atoms with Crippen molar-refractivity contribution in [3.8, 4) is 11.1 Å². The molecule has 0 aliphatic carbocycles. The molecule has 1 aliphatic rings. The van der Waals surface area contributed by atoms with Crippen molar-refractivity contribution in [2.75, 3.05) is 13.2 Å². The largest absolute Gasteiger partial charge is 0.394 e. The number of halogens is 1. The molecule has 2 N–H and O–H groups in total. The predicted octanol–water partition coefficient (Wildman–Crippen LogP) is 2.30. The van der Waals surface area contributed by atoms with Crippen molar-refractivity contribution >= 4 is 11.8 Å². The summed E-state index contributed by atoms with van der Waals surface area (Å²) in [6.45, 7) is 3.06.